The molecule has 4 nitrogen and oxygen atoms in total. The van der Waals surface area contributed by atoms with E-state index in [0.717, 1.165) is 36.0 Å². The first-order chi connectivity index (χ1) is 14.2. The SMILES string of the molecule is C[C@H]1CCc2c(sc(NC(=O)C3c4ccccc4Oc4ccccc43)c2C#N)C1. The molecule has 0 spiro atoms. The number of benzene rings is 2. The van der Waals surface area contributed by atoms with Gasteiger partial charge in [-0.3, -0.25) is 4.79 Å². The number of anilines is 1. The van der Waals surface area contributed by atoms with Crippen molar-refractivity contribution in [1.82, 2.24) is 0 Å². The van der Waals surface area contributed by atoms with Gasteiger partial charge in [0.25, 0.3) is 0 Å². The van der Waals surface area contributed by atoms with Gasteiger partial charge in [-0.05, 0) is 42.9 Å². The molecule has 1 aliphatic carbocycles. The maximum absolute atomic E-state index is 13.5. The molecule has 1 amide bonds. The van der Waals surface area contributed by atoms with Crippen LogP contribution in [0.15, 0.2) is 48.5 Å². The molecule has 29 heavy (non-hydrogen) atoms. The molecule has 3 aromatic rings. The fourth-order valence-corrected chi connectivity index (χ4v) is 5.70. The van der Waals surface area contributed by atoms with Crippen molar-refractivity contribution in [2.75, 3.05) is 5.32 Å². The molecule has 1 aromatic heterocycles. The van der Waals surface area contributed by atoms with E-state index in [1.165, 1.54) is 4.88 Å². The lowest BCUT2D eigenvalue weighted by Gasteiger charge is -2.27. The van der Waals surface area contributed by atoms with Gasteiger partial charge in [0.1, 0.15) is 22.6 Å². The molecule has 2 aliphatic rings. The predicted molar refractivity (Wildman–Crippen MR) is 114 cm³/mol. The molecule has 0 radical (unpaired) electrons. The van der Waals surface area contributed by atoms with E-state index in [1.54, 1.807) is 11.3 Å². The Morgan fingerprint density at radius 2 is 1.79 bits per heavy atom. The lowest BCUT2D eigenvalue weighted by atomic mass is 9.87. The van der Waals surface area contributed by atoms with Gasteiger partial charge in [-0.25, -0.2) is 0 Å². The Labute approximate surface area is 173 Å². The molecule has 5 heteroatoms. The molecule has 2 aromatic carbocycles. The number of rotatable bonds is 2. The van der Waals surface area contributed by atoms with Crippen LogP contribution in [-0.4, -0.2) is 5.91 Å². The number of hydrogen-bond acceptors (Lipinski definition) is 4. The largest absolute Gasteiger partial charge is 0.457 e. The summed E-state index contributed by atoms with van der Waals surface area (Å²) >= 11 is 1.56. The van der Waals surface area contributed by atoms with Gasteiger partial charge in [-0.15, -0.1) is 11.3 Å². The summed E-state index contributed by atoms with van der Waals surface area (Å²) in [5.41, 5.74) is 3.45. The van der Waals surface area contributed by atoms with Crippen molar-refractivity contribution >= 4 is 22.2 Å². The second-order valence-corrected chi connectivity index (χ2v) is 8.87. The van der Waals surface area contributed by atoms with Crippen LogP contribution >= 0.6 is 11.3 Å². The normalized spacial score (nSPS) is 17.3. The molecule has 1 atom stereocenters. The van der Waals surface area contributed by atoms with Gasteiger partial charge in [0.2, 0.25) is 5.91 Å². The number of para-hydroxylation sites is 2. The Bertz CT molecular complexity index is 1110. The average Bonchev–Trinajstić information content (AvgIpc) is 3.07. The summed E-state index contributed by atoms with van der Waals surface area (Å²) in [7, 11) is 0. The Kier molecular flexibility index (Phi) is 4.37. The van der Waals surface area contributed by atoms with E-state index in [2.05, 4.69) is 18.3 Å². The summed E-state index contributed by atoms with van der Waals surface area (Å²) in [6.45, 7) is 2.24. The highest BCUT2D eigenvalue weighted by Gasteiger charge is 2.33. The predicted octanol–water partition coefficient (Wildman–Crippen LogP) is 5.62. The molecule has 0 fully saturated rings. The van der Waals surface area contributed by atoms with Gasteiger partial charge in [0.05, 0.1) is 11.5 Å². The van der Waals surface area contributed by atoms with E-state index in [-0.39, 0.29) is 5.91 Å². The van der Waals surface area contributed by atoms with Crippen LogP contribution in [-0.2, 0) is 17.6 Å². The zero-order valence-electron chi connectivity index (χ0n) is 16.1. The highest BCUT2D eigenvalue weighted by Crippen LogP contribution is 2.45. The third kappa shape index (κ3) is 3.01. The molecule has 1 N–H and O–H groups in total. The highest BCUT2D eigenvalue weighted by molar-refractivity contribution is 7.16. The van der Waals surface area contributed by atoms with E-state index in [0.29, 0.717) is 28.0 Å². The van der Waals surface area contributed by atoms with Gasteiger partial charge in [0, 0.05) is 16.0 Å². The molecule has 0 bridgehead atoms. The highest BCUT2D eigenvalue weighted by atomic mass is 32.1. The van der Waals surface area contributed by atoms with Crippen molar-refractivity contribution in [1.29, 1.82) is 5.26 Å². The standard InChI is InChI=1S/C24H20N2O2S/c1-14-10-11-15-18(13-25)24(29-21(15)12-14)26-23(27)22-16-6-2-4-8-19(16)28-20-9-5-3-7-17(20)22/h2-9,14,22H,10-12H2,1H3,(H,26,27)/t14-/m0/s1. The molecular formula is C24H20N2O2S. The molecule has 144 valence electrons. The van der Waals surface area contributed by atoms with Crippen LogP contribution in [0, 0.1) is 17.2 Å². The van der Waals surface area contributed by atoms with Crippen molar-refractivity contribution in [2.45, 2.75) is 32.1 Å². The smallest absolute Gasteiger partial charge is 0.237 e. The minimum atomic E-state index is -0.472. The first-order valence-electron chi connectivity index (χ1n) is 9.87. The number of nitriles is 1. The molecule has 0 unspecified atom stereocenters. The number of ether oxygens (including phenoxy) is 1. The topological polar surface area (TPSA) is 62.1 Å². The van der Waals surface area contributed by atoms with E-state index < -0.39 is 5.92 Å². The number of carbonyl (C=O) groups excluding carboxylic acids is 1. The van der Waals surface area contributed by atoms with E-state index in [9.17, 15) is 10.1 Å². The van der Waals surface area contributed by atoms with Crippen LogP contribution in [0.4, 0.5) is 5.00 Å². The van der Waals surface area contributed by atoms with E-state index in [1.807, 2.05) is 48.5 Å². The molecule has 1 aliphatic heterocycles. The number of carbonyl (C=O) groups is 1. The summed E-state index contributed by atoms with van der Waals surface area (Å²) in [6.07, 6.45) is 2.98. The Morgan fingerprint density at radius 3 is 2.45 bits per heavy atom. The van der Waals surface area contributed by atoms with E-state index >= 15 is 0 Å². The van der Waals surface area contributed by atoms with Crippen molar-refractivity contribution in [3.05, 3.63) is 75.7 Å². The van der Waals surface area contributed by atoms with Gasteiger partial charge in [-0.2, -0.15) is 5.26 Å². The summed E-state index contributed by atoms with van der Waals surface area (Å²) < 4.78 is 6.00. The van der Waals surface area contributed by atoms with Crippen molar-refractivity contribution in [3.8, 4) is 17.6 Å². The monoisotopic (exact) mass is 400 g/mol. The van der Waals surface area contributed by atoms with Crippen molar-refractivity contribution < 1.29 is 9.53 Å². The number of fused-ring (bicyclic) bond motifs is 3. The molecule has 0 saturated heterocycles. The Hall–Kier alpha value is -3.10. The van der Waals surface area contributed by atoms with Crippen LogP contribution < -0.4 is 10.1 Å². The van der Waals surface area contributed by atoms with Gasteiger partial charge in [0.15, 0.2) is 0 Å². The lowest BCUT2D eigenvalue weighted by Crippen LogP contribution is -2.25. The molecular weight excluding hydrogens is 380 g/mol. The summed E-state index contributed by atoms with van der Waals surface area (Å²) in [5, 5.41) is 13.5. The van der Waals surface area contributed by atoms with Crippen molar-refractivity contribution in [2.24, 2.45) is 5.92 Å². The number of nitrogens with zero attached hydrogens (tertiary/aromatic N) is 1. The molecule has 0 saturated carbocycles. The summed E-state index contributed by atoms with van der Waals surface area (Å²) in [5.74, 6) is 1.42. The Morgan fingerprint density at radius 1 is 1.14 bits per heavy atom. The molecule has 5 rings (SSSR count). The first kappa shape index (κ1) is 18.0. The minimum Gasteiger partial charge on any atom is -0.457 e. The van der Waals surface area contributed by atoms with Crippen LogP contribution in [0.1, 0.15) is 46.4 Å². The Balaban J connectivity index is 1.54. The maximum atomic E-state index is 13.5. The van der Waals surface area contributed by atoms with Crippen molar-refractivity contribution in [3.63, 3.8) is 0 Å². The fourth-order valence-electron chi connectivity index (χ4n) is 4.33. The summed E-state index contributed by atoms with van der Waals surface area (Å²) in [4.78, 5) is 14.7. The van der Waals surface area contributed by atoms with Crippen LogP contribution in [0.3, 0.4) is 0 Å². The zero-order valence-corrected chi connectivity index (χ0v) is 16.9. The van der Waals surface area contributed by atoms with Gasteiger partial charge >= 0.3 is 0 Å². The van der Waals surface area contributed by atoms with Crippen LogP contribution in [0.5, 0.6) is 11.5 Å². The number of amides is 1. The summed E-state index contributed by atoms with van der Waals surface area (Å²) in [6, 6.07) is 17.6. The van der Waals surface area contributed by atoms with Crippen LogP contribution in [0.2, 0.25) is 0 Å². The lowest BCUT2D eigenvalue weighted by molar-refractivity contribution is -0.116. The van der Waals surface area contributed by atoms with Gasteiger partial charge < -0.3 is 10.1 Å². The first-order valence-corrected chi connectivity index (χ1v) is 10.7. The van der Waals surface area contributed by atoms with E-state index in [4.69, 9.17) is 4.74 Å². The minimum absolute atomic E-state index is 0.128. The zero-order chi connectivity index (χ0) is 20.0. The second-order valence-electron chi connectivity index (χ2n) is 7.77. The average molecular weight is 401 g/mol. The fraction of sp³-hybridized carbons (Fsp3) is 0.250. The quantitative estimate of drug-likeness (QED) is 0.607. The molecule has 2 heterocycles. The number of thiophene rings is 1. The maximum Gasteiger partial charge on any atom is 0.237 e. The third-order valence-corrected chi connectivity index (χ3v) is 6.97. The van der Waals surface area contributed by atoms with Gasteiger partial charge in [-0.1, -0.05) is 43.3 Å². The number of hydrogen-bond donors (Lipinski definition) is 1. The third-order valence-electron chi connectivity index (χ3n) is 5.80. The van der Waals surface area contributed by atoms with Crippen LogP contribution in [0.25, 0.3) is 0 Å². The second kappa shape index (κ2) is 7.06. The number of nitrogens with one attached hydrogen (secondary N) is 1.